The van der Waals surface area contributed by atoms with Crippen molar-refractivity contribution in [2.24, 2.45) is 5.92 Å². The van der Waals surface area contributed by atoms with Gasteiger partial charge in [-0.15, -0.1) is 0 Å². The van der Waals surface area contributed by atoms with Gasteiger partial charge >= 0.3 is 0 Å². The van der Waals surface area contributed by atoms with E-state index < -0.39 is 0 Å². The van der Waals surface area contributed by atoms with Crippen LogP contribution in [0.4, 0.5) is 5.82 Å². The third-order valence-corrected chi connectivity index (χ3v) is 6.03. The topological polar surface area (TPSA) is 86.7 Å². The van der Waals surface area contributed by atoms with E-state index in [-0.39, 0.29) is 5.56 Å². The fourth-order valence-electron chi connectivity index (χ4n) is 3.21. The number of thioether (sulfide) groups is 1. The molecule has 2 aromatic heterocycles. The van der Waals surface area contributed by atoms with Crippen molar-refractivity contribution in [3.63, 3.8) is 0 Å². The van der Waals surface area contributed by atoms with Gasteiger partial charge in [0.15, 0.2) is 5.16 Å². The Labute approximate surface area is 183 Å². The minimum atomic E-state index is -0.0567. The zero-order chi connectivity index (χ0) is 21.3. The minimum absolute atomic E-state index is 0.0567. The molecule has 2 N–H and O–H groups in total. The number of hydrogen-bond acceptors (Lipinski definition) is 6. The Morgan fingerprint density at radius 2 is 1.87 bits per heavy atom. The molecule has 0 atom stereocenters. The molecule has 0 saturated carbocycles. The van der Waals surface area contributed by atoms with Gasteiger partial charge in [0.05, 0.1) is 22.2 Å². The number of anilines is 1. The molecule has 2 aromatic carbocycles. The minimum Gasteiger partial charge on any atom is -0.383 e. The zero-order valence-corrected chi connectivity index (χ0v) is 18.4. The lowest BCUT2D eigenvalue weighted by molar-refractivity contribution is 0.481. The van der Waals surface area contributed by atoms with Crippen LogP contribution in [-0.4, -0.2) is 19.5 Å². The van der Waals surface area contributed by atoms with E-state index in [0.29, 0.717) is 50.9 Å². The number of nitrogens with two attached hydrogens (primary N) is 1. The summed E-state index contributed by atoms with van der Waals surface area (Å²) in [6, 6.07) is 12.8. The van der Waals surface area contributed by atoms with Gasteiger partial charge in [0.2, 0.25) is 0 Å². The monoisotopic (exact) mass is 439 g/mol. The molecule has 154 valence electrons. The molecular formula is C22H22ClN5OS. The number of rotatable bonds is 6. The summed E-state index contributed by atoms with van der Waals surface area (Å²) in [4.78, 5) is 26.9. The van der Waals surface area contributed by atoms with Gasteiger partial charge in [-0.2, -0.15) is 0 Å². The second-order valence-electron chi connectivity index (χ2n) is 7.53. The molecule has 0 radical (unpaired) electrons. The van der Waals surface area contributed by atoms with Crippen molar-refractivity contribution < 1.29 is 0 Å². The van der Waals surface area contributed by atoms with Crippen LogP contribution in [0.25, 0.3) is 21.8 Å². The highest BCUT2D eigenvalue weighted by molar-refractivity contribution is 7.98. The predicted molar refractivity (Wildman–Crippen MR) is 124 cm³/mol. The number of para-hydroxylation sites is 1. The Balaban J connectivity index is 1.71. The Morgan fingerprint density at radius 3 is 2.67 bits per heavy atom. The molecule has 8 heteroatoms. The van der Waals surface area contributed by atoms with Crippen LogP contribution in [0.3, 0.4) is 0 Å². The Bertz CT molecular complexity index is 1290. The lowest BCUT2D eigenvalue weighted by Crippen LogP contribution is -2.24. The first-order valence-electron chi connectivity index (χ1n) is 9.76. The molecule has 4 rings (SSSR count). The van der Waals surface area contributed by atoms with Gasteiger partial charge in [-0.3, -0.25) is 9.36 Å². The second kappa shape index (κ2) is 8.62. The van der Waals surface area contributed by atoms with E-state index in [9.17, 15) is 4.79 Å². The smallest absolute Gasteiger partial charge is 0.262 e. The summed E-state index contributed by atoms with van der Waals surface area (Å²) >= 11 is 7.55. The largest absolute Gasteiger partial charge is 0.383 e. The summed E-state index contributed by atoms with van der Waals surface area (Å²) in [5, 5.41) is 2.58. The molecule has 6 nitrogen and oxygen atoms in total. The Kier molecular flexibility index (Phi) is 5.92. The SMILES string of the molecule is CC(C)CCn1c(SCc2nc(N)c3ccccc3n2)nc2cc(Cl)ccc2c1=O. The molecule has 2 heterocycles. The normalized spacial score (nSPS) is 11.6. The molecule has 4 aromatic rings. The zero-order valence-electron chi connectivity index (χ0n) is 16.8. The lowest BCUT2D eigenvalue weighted by atomic mass is 10.1. The first-order valence-corrected chi connectivity index (χ1v) is 11.1. The molecule has 0 fully saturated rings. The van der Waals surface area contributed by atoms with Crippen LogP contribution in [0.15, 0.2) is 52.4 Å². The highest BCUT2D eigenvalue weighted by atomic mass is 35.5. The van der Waals surface area contributed by atoms with Crippen molar-refractivity contribution >= 4 is 51.0 Å². The van der Waals surface area contributed by atoms with Crippen LogP contribution in [0.1, 0.15) is 26.1 Å². The number of hydrogen-bond donors (Lipinski definition) is 1. The van der Waals surface area contributed by atoms with Crippen molar-refractivity contribution in [2.75, 3.05) is 5.73 Å². The molecule has 0 saturated heterocycles. The third-order valence-electron chi connectivity index (χ3n) is 4.82. The average molecular weight is 440 g/mol. The number of halogens is 1. The van der Waals surface area contributed by atoms with Crippen LogP contribution in [-0.2, 0) is 12.3 Å². The first-order chi connectivity index (χ1) is 14.4. The highest BCUT2D eigenvalue weighted by Gasteiger charge is 2.14. The fourth-order valence-corrected chi connectivity index (χ4v) is 4.26. The van der Waals surface area contributed by atoms with Gasteiger partial charge in [-0.1, -0.05) is 49.3 Å². The van der Waals surface area contributed by atoms with E-state index in [0.717, 1.165) is 17.3 Å². The van der Waals surface area contributed by atoms with Crippen LogP contribution in [0.2, 0.25) is 5.02 Å². The summed E-state index contributed by atoms with van der Waals surface area (Å²) in [6.07, 6.45) is 0.883. The molecule has 0 aliphatic heterocycles. The van der Waals surface area contributed by atoms with Gasteiger partial charge in [-0.25, -0.2) is 15.0 Å². The molecule has 0 amide bonds. The number of nitrogen functional groups attached to an aromatic ring is 1. The van der Waals surface area contributed by atoms with Crippen molar-refractivity contribution in [3.05, 3.63) is 63.7 Å². The molecule has 0 bridgehead atoms. The van der Waals surface area contributed by atoms with E-state index in [2.05, 4.69) is 23.8 Å². The Hall–Kier alpha value is -2.64. The van der Waals surface area contributed by atoms with Crippen molar-refractivity contribution in [3.8, 4) is 0 Å². The van der Waals surface area contributed by atoms with Gasteiger partial charge in [0.25, 0.3) is 5.56 Å². The molecule has 0 spiro atoms. The molecular weight excluding hydrogens is 418 g/mol. The van der Waals surface area contributed by atoms with Crippen LogP contribution >= 0.6 is 23.4 Å². The molecule has 30 heavy (non-hydrogen) atoms. The second-order valence-corrected chi connectivity index (χ2v) is 8.90. The van der Waals surface area contributed by atoms with Crippen molar-refractivity contribution in [1.82, 2.24) is 19.5 Å². The van der Waals surface area contributed by atoms with Crippen molar-refractivity contribution in [1.29, 1.82) is 0 Å². The third kappa shape index (κ3) is 4.27. The van der Waals surface area contributed by atoms with Crippen LogP contribution in [0.5, 0.6) is 0 Å². The maximum Gasteiger partial charge on any atom is 0.262 e. The van der Waals surface area contributed by atoms with Crippen LogP contribution < -0.4 is 11.3 Å². The van der Waals surface area contributed by atoms with E-state index >= 15 is 0 Å². The van der Waals surface area contributed by atoms with Gasteiger partial charge in [0.1, 0.15) is 11.6 Å². The van der Waals surface area contributed by atoms with E-state index in [1.54, 1.807) is 22.8 Å². The van der Waals surface area contributed by atoms with Crippen LogP contribution in [0, 0.1) is 5.92 Å². The molecule has 0 unspecified atom stereocenters. The number of nitrogens with zero attached hydrogens (tertiary/aromatic N) is 4. The summed E-state index contributed by atoms with van der Waals surface area (Å²) in [7, 11) is 0. The maximum absolute atomic E-state index is 13.1. The number of benzene rings is 2. The fraction of sp³-hybridized carbons (Fsp3) is 0.273. The maximum atomic E-state index is 13.1. The van der Waals surface area contributed by atoms with Gasteiger partial charge in [-0.05, 0) is 42.7 Å². The first kappa shape index (κ1) is 20.6. The highest BCUT2D eigenvalue weighted by Crippen LogP contribution is 2.25. The molecule has 0 aliphatic rings. The van der Waals surface area contributed by atoms with E-state index in [4.69, 9.17) is 22.3 Å². The quantitative estimate of drug-likeness (QED) is 0.339. The average Bonchev–Trinajstić information content (AvgIpc) is 2.71. The van der Waals surface area contributed by atoms with Gasteiger partial charge in [0, 0.05) is 17.0 Å². The predicted octanol–water partition coefficient (Wildman–Crippen LogP) is 4.91. The number of fused-ring (bicyclic) bond motifs is 2. The molecule has 0 aliphatic carbocycles. The summed E-state index contributed by atoms with van der Waals surface area (Å²) in [5.41, 5.74) is 7.44. The Morgan fingerprint density at radius 1 is 1.07 bits per heavy atom. The summed E-state index contributed by atoms with van der Waals surface area (Å²) < 4.78 is 1.74. The lowest BCUT2D eigenvalue weighted by Gasteiger charge is -2.14. The standard InChI is InChI=1S/C22H22ClN5OS/c1-13(2)9-10-28-21(29)16-8-7-14(23)11-18(16)26-22(28)30-12-19-25-17-6-4-3-5-15(17)20(24)27-19/h3-8,11,13H,9-10,12H2,1-2H3,(H2,24,25,27). The van der Waals surface area contributed by atoms with E-state index in [1.807, 2.05) is 24.3 Å². The number of aromatic nitrogens is 4. The van der Waals surface area contributed by atoms with Gasteiger partial charge < -0.3 is 5.73 Å². The van der Waals surface area contributed by atoms with Crippen molar-refractivity contribution in [2.45, 2.75) is 37.7 Å². The summed E-state index contributed by atoms with van der Waals surface area (Å²) in [6.45, 7) is 4.88. The summed E-state index contributed by atoms with van der Waals surface area (Å²) in [5.74, 6) is 1.98. The van der Waals surface area contributed by atoms with E-state index in [1.165, 1.54) is 11.8 Å².